The summed E-state index contributed by atoms with van der Waals surface area (Å²) in [6, 6.07) is 15.5. The van der Waals surface area contributed by atoms with Crippen molar-refractivity contribution >= 4 is 5.91 Å². The highest BCUT2D eigenvalue weighted by molar-refractivity contribution is 5.78. The van der Waals surface area contributed by atoms with Crippen LogP contribution in [-0.2, 0) is 17.5 Å². The van der Waals surface area contributed by atoms with Gasteiger partial charge in [-0.1, -0.05) is 42.5 Å². The van der Waals surface area contributed by atoms with E-state index in [-0.39, 0.29) is 13.1 Å². The number of carbonyl (C=O) groups excluding carboxylic acids is 1. The van der Waals surface area contributed by atoms with Crippen LogP contribution in [0.15, 0.2) is 54.6 Å². The fraction of sp³-hybridized carbons (Fsp3) is 0.222. The SMILES string of the molecule is N#CCN(Cc1ccccc1)C(=O)COc1ccccc1C(F)(F)F. The van der Waals surface area contributed by atoms with Crippen molar-refractivity contribution < 1.29 is 22.7 Å². The van der Waals surface area contributed by atoms with Gasteiger partial charge in [-0.25, -0.2) is 0 Å². The Morgan fingerprint density at radius 2 is 1.72 bits per heavy atom. The van der Waals surface area contributed by atoms with Crippen LogP contribution in [0.4, 0.5) is 13.2 Å². The molecule has 0 saturated heterocycles. The van der Waals surface area contributed by atoms with Gasteiger partial charge in [0, 0.05) is 6.54 Å². The number of nitriles is 1. The van der Waals surface area contributed by atoms with Crippen molar-refractivity contribution in [3.05, 3.63) is 65.7 Å². The minimum atomic E-state index is -4.57. The van der Waals surface area contributed by atoms with E-state index in [9.17, 15) is 18.0 Å². The van der Waals surface area contributed by atoms with Crippen LogP contribution >= 0.6 is 0 Å². The lowest BCUT2D eigenvalue weighted by Crippen LogP contribution is -2.35. The summed E-state index contributed by atoms with van der Waals surface area (Å²) in [5.74, 6) is -0.984. The minimum Gasteiger partial charge on any atom is -0.483 e. The highest BCUT2D eigenvalue weighted by atomic mass is 19.4. The summed E-state index contributed by atoms with van der Waals surface area (Å²) in [5.41, 5.74) is -0.139. The summed E-state index contributed by atoms with van der Waals surface area (Å²) < 4.78 is 43.8. The predicted molar refractivity (Wildman–Crippen MR) is 84.4 cm³/mol. The van der Waals surface area contributed by atoms with Crippen LogP contribution in [0.5, 0.6) is 5.75 Å². The molecule has 0 bridgehead atoms. The van der Waals surface area contributed by atoms with Crippen LogP contribution in [0.2, 0.25) is 0 Å². The monoisotopic (exact) mass is 348 g/mol. The summed E-state index contributed by atoms with van der Waals surface area (Å²) in [4.78, 5) is 13.5. The Morgan fingerprint density at radius 3 is 2.36 bits per heavy atom. The van der Waals surface area contributed by atoms with E-state index in [1.165, 1.54) is 17.0 Å². The fourth-order valence-electron chi connectivity index (χ4n) is 2.18. The maximum atomic E-state index is 12.9. The van der Waals surface area contributed by atoms with Gasteiger partial charge < -0.3 is 9.64 Å². The molecule has 130 valence electrons. The smallest absolute Gasteiger partial charge is 0.419 e. The highest BCUT2D eigenvalue weighted by Gasteiger charge is 2.34. The molecule has 0 aromatic heterocycles. The van der Waals surface area contributed by atoms with E-state index < -0.39 is 30.0 Å². The molecule has 25 heavy (non-hydrogen) atoms. The van der Waals surface area contributed by atoms with Crippen LogP contribution in [0, 0.1) is 11.3 Å². The van der Waals surface area contributed by atoms with Crippen molar-refractivity contribution in [2.45, 2.75) is 12.7 Å². The topological polar surface area (TPSA) is 53.3 Å². The van der Waals surface area contributed by atoms with Crippen LogP contribution in [0.3, 0.4) is 0 Å². The molecular formula is C18H15F3N2O2. The van der Waals surface area contributed by atoms with Gasteiger partial charge >= 0.3 is 6.18 Å². The third-order valence-electron chi connectivity index (χ3n) is 3.37. The van der Waals surface area contributed by atoms with Crippen LogP contribution in [0.25, 0.3) is 0 Å². The van der Waals surface area contributed by atoms with Gasteiger partial charge in [-0.3, -0.25) is 4.79 Å². The first-order valence-corrected chi connectivity index (χ1v) is 7.39. The van der Waals surface area contributed by atoms with Crippen molar-refractivity contribution in [2.24, 2.45) is 0 Å². The molecule has 7 heteroatoms. The summed E-state index contributed by atoms with van der Waals surface area (Å²) in [6.07, 6.45) is -4.57. The summed E-state index contributed by atoms with van der Waals surface area (Å²) in [6.45, 7) is -0.586. The van der Waals surface area contributed by atoms with Crippen molar-refractivity contribution in [1.29, 1.82) is 5.26 Å². The Balaban J connectivity index is 2.06. The Bertz CT molecular complexity index is 755. The lowest BCUT2D eigenvalue weighted by atomic mass is 10.2. The molecule has 4 nitrogen and oxygen atoms in total. The number of benzene rings is 2. The van der Waals surface area contributed by atoms with E-state index in [4.69, 9.17) is 10.00 Å². The molecular weight excluding hydrogens is 333 g/mol. The van der Waals surface area contributed by atoms with E-state index in [2.05, 4.69) is 0 Å². The number of hydrogen-bond acceptors (Lipinski definition) is 3. The maximum absolute atomic E-state index is 12.9. The second-order valence-electron chi connectivity index (χ2n) is 5.18. The average Bonchev–Trinajstić information content (AvgIpc) is 2.59. The largest absolute Gasteiger partial charge is 0.483 e. The van der Waals surface area contributed by atoms with Crippen molar-refractivity contribution in [3.63, 3.8) is 0 Å². The summed E-state index contributed by atoms with van der Waals surface area (Å²) >= 11 is 0. The van der Waals surface area contributed by atoms with Crippen LogP contribution in [-0.4, -0.2) is 24.0 Å². The number of rotatable bonds is 6. The van der Waals surface area contributed by atoms with E-state index in [0.717, 1.165) is 17.7 Å². The zero-order valence-electron chi connectivity index (χ0n) is 13.2. The molecule has 0 aliphatic rings. The normalized spacial score (nSPS) is 10.8. The molecule has 0 fully saturated rings. The third kappa shape index (κ3) is 5.24. The van der Waals surface area contributed by atoms with E-state index in [1.54, 1.807) is 24.3 Å². The molecule has 0 atom stereocenters. The third-order valence-corrected chi connectivity index (χ3v) is 3.37. The number of para-hydroxylation sites is 1. The standard InChI is InChI=1S/C18H15F3N2O2/c19-18(20,21)15-8-4-5-9-16(15)25-13-17(24)23(11-10-22)12-14-6-2-1-3-7-14/h1-9H,11-13H2. The molecule has 0 spiro atoms. The lowest BCUT2D eigenvalue weighted by molar-refractivity contribution is -0.141. The van der Waals surface area contributed by atoms with Crippen molar-refractivity contribution in [3.8, 4) is 11.8 Å². The number of carbonyl (C=O) groups is 1. The summed E-state index contributed by atoms with van der Waals surface area (Å²) in [7, 11) is 0. The molecule has 2 rings (SSSR count). The Morgan fingerprint density at radius 1 is 1.08 bits per heavy atom. The van der Waals surface area contributed by atoms with Crippen molar-refractivity contribution in [1.82, 2.24) is 4.90 Å². The summed E-state index contributed by atoms with van der Waals surface area (Å²) in [5, 5.41) is 8.87. The Kier molecular flexibility index (Phi) is 6.01. The first kappa shape index (κ1) is 18.3. The number of halogens is 3. The van der Waals surface area contributed by atoms with E-state index in [1.807, 2.05) is 12.1 Å². The van der Waals surface area contributed by atoms with Gasteiger partial charge in [0.25, 0.3) is 5.91 Å². The fourth-order valence-corrected chi connectivity index (χ4v) is 2.18. The molecule has 0 aliphatic carbocycles. The Hall–Kier alpha value is -3.01. The number of alkyl halides is 3. The van der Waals surface area contributed by atoms with Crippen LogP contribution < -0.4 is 4.74 Å². The van der Waals surface area contributed by atoms with Gasteiger partial charge in [0.2, 0.25) is 0 Å². The lowest BCUT2D eigenvalue weighted by Gasteiger charge is -2.20. The second kappa shape index (κ2) is 8.20. The second-order valence-corrected chi connectivity index (χ2v) is 5.18. The number of amides is 1. The molecule has 2 aromatic carbocycles. The molecule has 0 unspecified atom stereocenters. The highest BCUT2D eigenvalue weighted by Crippen LogP contribution is 2.35. The van der Waals surface area contributed by atoms with E-state index in [0.29, 0.717) is 0 Å². The first-order valence-electron chi connectivity index (χ1n) is 7.39. The molecule has 0 radical (unpaired) electrons. The van der Waals surface area contributed by atoms with Gasteiger partial charge in [-0.05, 0) is 17.7 Å². The van der Waals surface area contributed by atoms with Crippen molar-refractivity contribution in [2.75, 3.05) is 13.2 Å². The molecule has 0 heterocycles. The van der Waals surface area contributed by atoms with Gasteiger partial charge in [0.15, 0.2) is 6.61 Å². The molecule has 0 saturated carbocycles. The molecule has 1 amide bonds. The zero-order valence-corrected chi connectivity index (χ0v) is 13.2. The maximum Gasteiger partial charge on any atom is 0.419 e. The average molecular weight is 348 g/mol. The van der Waals surface area contributed by atoms with Gasteiger partial charge in [0.1, 0.15) is 12.3 Å². The zero-order chi connectivity index (χ0) is 18.3. The first-order chi connectivity index (χ1) is 11.9. The Labute approximate surface area is 143 Å². The molecule has 2 aromatic rings. The van der Waals surface area contributed by atoms with Gasteiger partial charge in [-0.2, -0.15) is 18.4 Å². The number of nitrogens with zero attached hydrogens (tertiary/aromatic N) is 2. The van der Waals surface area contributed by atoms with Gasteiger partial charge in [-0.15, -0.1) is 0 Å². The van der Waals surface area contributed by atoms with Crippen LogP contribution in [0.1, 0.15) is 11.1 Å². The molecule has 0 N–H and O–H groups in total. The van der Waals surface area contributed by atoms with Gasteiger partial charge in [0.05, 0.1) is 11.6 Å². The molecule has 0 aliphatic heterocycles. The minimum absolute atomic E-state index is 0.178. The number of ether oxygens (including phenoxy) is 1. The van der Waals surface area contributed by atoms with E-state index >= 15 is 0 Å². The predicted octanol–water partition coefficient (Wildman–Crippen LogP) is 3.64. The quantitative estimate of drug-likeness (QED) is 0.749. The number of hydrogen-bond donors (Lipinski definition) is 0.